The number of aromatic nitrogens is 2. The third-order valence-corrected chi connectivity index (χ3v) is 5.27. The third-order valence-electron chi connectivity index (χ3n) is 4.16. The highest BCUT2D eigenvalue weighted by molar-refractivity contribution is 7.90. The normalized spacial score (nSPS) is 11.6. The number of sulfone groups is 1. The van der Waals surface area contributed by atoms with Crippen LogP contribution in [0.1, 0.15) is 6.42 Å². The first kappa shape index (κ1) is 17.9. The van der Waals surface area contributed by atoms with E-state index in [0.29, 0.717) is 5.69 Å². The van der Waals surface area contributed by atoms with Gasteiger partial charge in [0, 0.05) is 32.0 Å². The maximum absolute atomic E-state index is 12.3. The summed E-state index contributed by atoms with van der Waals surface area (Å²) in [5.74, 6) is -0.296. The summed E-state index contributed by atoms with van der Waals surface area (Å²) < 4.78 is 26.3. The second kappa shape index (κ2) is 6.80. The summed E-state index contributed by atoms with van der Waals surface area (Å²) in [6.45, 7) is 0.234. The Bertz CT molecular complexity index is 1140. The van der Waals surface area contributed by atoms with Crippen LogP contribution in [0.5, 0.6) is 0 Å². The maximum atomic E-state index is 12.3. The minimum absolute atomic E-state index is 0.0943. The molecule has 0 aliphatic rings. The van der Waals surface area contributed by atoms with Crippen LogP contribution in [0.2, 0.25) is 0 Å². The molecule has 1 heterocycles. The lowest BCUT2D eigenvalue weighted by molar-refractivity contribution is -0.116. The monoisotopic (exact) mass is 373 g/mol. The van der Waals surface area contributed by atoms with E-state index in [1.807, 2.05) is 24.3 Å². The molecule has 8 heteroatoms. The zero-order valence-electron chi connectivity index (χ0n) is 14.5. The van der Waals surface area contributed by atoms with E-state index in [1.165, 1.54) is 12.1 Å². The van der Waals surface area contributed by atoms with Crippen molar-refractivity contribution in [2.24, 2.45) is 7.05 Å². The summed E-state index contributed by atoms with van der Waals surface area (Å²) >= 11 is 0. The van der Waals surface area contributed by atoms with E-state index in [4.69, 9.17) is 0 Å². The predicted octanol–water partition coefficient (Wildman–Crippen LogP) is 1.77. The number of anilines is 1. The number of aryl methyl sites for hydroxylation is 2. The van der Waals surface area contributed by atoms with Crippen LogP contribution in [0.3, 0.4) is 0 Å². The zero-order chi connectivity index (χ0) is 18.9. The van der Waals surface area contributed by atoms with Gasteiger partial charge in [-0.1, -0.05) is 18.2 Å². The molecule has 1 aromatic heterocycles. The molecule has 136 valence electrons. The van der Waals surface area contributed by atoms with Gasteiger partial charge < -0.3 is 5.32 Å². The van der Waals surface area contributed by atoms with Crippen molar-refractivity contribution in [1.29, 1.82) is 0 Å². The zero-order valence-corrected chi connectivity index (χ0v) is 15.3. The van der Waals surface area contributed by atoms with Gasteiger partial charge in [0.2, 0.25) is 5.91 Å². The van der Waals surface area contributed by atoms with E-state index in [9.17, 15) is 18.0 Å². The Morgan fingerprint density at radius 1 is 1.08 bits per heavy atom. The maximum Gasteiger partial charge on any atom is 0.328 e. The molecular formula is C18H19N3O4S. The lowest BCUT2D eigenvalue weighted by atomic mass is 10.3. The molecule has 3 rings (SSSR count). The fourth-order valence-electron chi connectivity index (χ4n) is 2.82. The summed E-state index contributed by atoms with van der Waals surface area (Å²) in [4.78, 5) is 24.7. The number of nitrogens with one attached hydrogen (secondary N) is 1. The number of amides is 1. The molecular weight excluding hydrogens is 354 g/mol. The molecule has 0 saturated heterocycles. The van der Waals surface area contributed by atoms with Gasteiger partial charge in [0.15, 0.2) is 9.84 Å². The smallest absolute Gasteiger partial charge is 0.326 e. The van der Waals surface area contributed by atoms with E-state index >= 15 is 0 Å². The van der Waals surface area contributed by atoms with E-state index in [-0.39, 0.29) is 29.5 Å². The van der Waals surface area contributed by atoms with Gasteiger partial charge in [-0.05, 0) is 30.3 Å². The van der Waals surface area contributed by atoms with E-state index in [2.05, 4.69) is 5.32 Å². The summed E-state index contributed by atoms with van der Waals surface area (Å²) in [5.41, 5.74) is 1.80. The number of fused-ring (bicyclic) bond motifs is 1. The second-order valence-corrected chi connectivity index (χ2v) is 8.10. The topological polar surface area (TPSA) is 90.2 Å². The van der Waals surface area contributed by atoms with Crippen molar-refractivity contribution in [3.8, 4) is 0 Å². The Labute approximate surface area is 150 Å². The molecule has 1 N–H and O–H groups in total. The van der Waals surface area contributed by atoms with Crippen LogP contribution in [0.4, 0.5) is 5.69 Å². The lowest BCUT2D eigenvalue weighted by Gasteiger charge is -2.07. The highest BCUT2D eigenvalue weighted by atomic mass is 32.2. The molecule has 0 unspecified atom stereocenters. The van der Waals surface area contributed by atoms with E-state index in [1.54, 1.807) is 28.3 Å². The van der Waals surface area contributed by atoms with Gasteiger partial charge in [0.05, 0.1) is 15.9 Å². The average molecular weight is 373 g/mol. The van der Waals surface area contributed by atoms with E-state index < -0.39 is 9.84 Å². The van der Waals surface area contributed by atoms with Crippen molar-refractivity contribution in [2.45, 2.75) is 17.9 Å². The SMILES string of the molecule is Cn1c(=O)n(CCC(=O)Nc2cccc(S(C)(=O)=O)c2)c2ccccc21. The highest BCUT2D eigenvalue weighted by Crippen LogP contribution is 2.16. The van der Waals surface area contributed by atoms with Gasteiger partial charge in [-0.15, -0.1) is 0 Å². The van der Waals surface area contributed by atoms with Crippen LogP contribution in [-0.4, -0.2) is 29.7 Å². The molecule has 7 nitrogen and oxygen atoms in total. The van der Waals surface area contributed by atoms with Crippen LogP contribution >= 0.6 is 0 Å². The fraction of sp³-hybridized carbons (Fsp3) is 0.222. The van der Waals surface area contributed by atoms with Crippen LogP contribution in [0.15, 0.2) is 58.2 Å². The Balaban J connectivity index is 1.75. The Hall–Kier alpha value is -2.87. The number of imidazole rings is 1. The molecule has 0 bridgehead atoms. The Morgan fingerprint density at radius 3 is 2.46 bits per heavy atom. The minimum Gasteiger partial charge on any atom is -0.326 e. The number of carbonyl (C=O) groups is 1. The number of para-hydroxylation sites is 2. The molecule has 0 fully saturated rings. The van der Waals surface area contributed by atoms with Crippen molar-refractivity contribution < 1.29 is 13.2 Å². The molecule has 0 atom stereocenters. The van der Waals surface area contributed by atoms with Crippen molar-refractivity contribution in [3.05, 3.63) is 59.0 Å². The van der Waals surface area contributed by atoms with Gasteiger partial charge in [0.25, 0.3) is 0 Å². The number of hydrogen-bond acceptors (Lipinski definition) is 4. The lowest BCUT2D eigenvalue weighted by Crippen LogP contribution is -2.24. The number of carbonyl (C=O) groups excluding carboxylic acids is 1. The molecule has 3 aromatic rings. The first-order chi connectivity index (χ1) is 12.3. The molecule has 0 aliphatic carbocycles. The number of nitrogens with zero attached hydrogens (tertiary/aromatic N) is 2. The first-order valence-corrected chi connectivity index (χ1v) is 9.91. The quantitative estimate of drug-likeness (QED) is 0.738. The number of hydrogen-bond donors (Lipinski definition) is 1. The minimum atomic E-state index is -3.34. The van der Waals surface area contributed by atoms with Crippen molar-refractivity contribution in [3.63, 3.8) is 0 Å². The van der Waals surface area contributed by atoms with Crippen LogP contribution < -0.4 is 11.0 Å². The molecule has 26 heavy (non-hydrogen) atoms. The van der Waals surface area contributed by atoms with Crippen LogP contribution in [0.25, 0.3) is 11.0 Å². The second-order valence-electron chi connectivity index (χ2n) is 6.08. The van der Waals surface area contributed by atoms with E-state index in [0.717, 1.165) is 17.3 Å². The summed E-state index contributed by atoms with van der Waals surface area (Å²) in [5, 5.41) is 2.67. The molecule has 0 saturated carbocycles. The summed E-state index contributed by atoms with van der Waals surface area (Å²) in [7, 11) is -1.65. The molecule has 1 amide bonds. The van der Waals surface area contributed by atoms with Crippen molar-refractivity contribution in [2.75, 3.05) is 11.6 Å². The van der Waals surface area contributed by atoms with Gasteiger partial charge >= 0.3 is 5.69 Å². The number of rotatable bonds is 5. The van der Waals surface area contributed by atoms with Gasteiger partial charge in [-0.25, -0.2) is 13.2 Å². The van der Waals surface area contributed by atoms with Gasteiger partial charge in [-0.3, -0.25) is 13.9 Å². The molecule has 2 aromatic carbocycles. The third kappa shape index (κ3) is 3.55. The number of benzene rings is 2. The molecule has 0 spiro atoms. The first-order valence-electron chi connectivity index (χ1n) is 8.01. The van der Waals surface area contributed by atoms with Crippen molar-refractivity contribution >= 4 is 32.5 Å². The van der Waals surface area contributed by atoms with Gasteiger partial charge in [0.1, 0.15) is 0 Å². The highest BCUT2D eigenvalue weighted by Gasteiger charge is 2.12. The van der Waals surface area contributed by atoms with Crippen LogP contribution in [-0.2, 0) is 28.2 Å². The van der Waals surface area contributed by atoms with Crippen LogP contribution in [0, 0.1) is 0 Å². The standard InChI is InChI=1S/C18H19N3O4S/c1-20-15-8-3-4-9-16(15)21(18(20)23)11-10-17(22)19-13-6-5-7-14(12-13)26(2,24)25/h3-9,12H,10-11H2,1-2H3,(H,19,22). The molecule has 0 aliphatic heterocycles. The summed E-state index contributed by atoms with van der Waals surface area (Å²) in [6.07, 6.45) is 1.21. The predicted molar refractivity (Wildman–Crippen MR) is 100.0 cm³/mol. The molecule has 0 radical (unpaired) electrons. The summed E-state index contributed by atoms with van der Waals surface area (Å²) in [6, 6.07) is 13.5. The fourth-order valence-corrected chi connectivity index (χ4v) is 3.49. The Morgan fingerprint density at radius 2 is 1.77 bits per heavy atom. The van der Waals surface area contributed by atoms with Gasteiger partial charge in [-0.2, -0.15) is 0 Å². The van der Waals surface area contributed by atoms with Crippen molar-refractivity contribution in [1.82, 2.24) is 9.13 Å². The largest absolute Gasteiger partial charge is 0.328 e. The Kier molecular flexibility index (Phi) is 4.69. The average Bonchev–Trinajstić information content (AvgIpc) is 2.84.